The molecule has 45 heavy (non-hydrogen) atoms. The highest BCUT2D eigenvalue weighted by molar-refractivity contribution is 5.95. The third kappa shape index (κ3) is 6.63. The molecule has 0 saturated carbocycles. The topological polar surface area (TPSA) is 125 Å². The normalized spacial score (nSPS) is 15.2. The van der Waals surface area contributed by atoms with Gasteiger partial charge in [-0.2, -0.15) is 5.10 Å². The van der Waals surface area contributed by atoms with E-state index in [0.717, 1.165) is 69.1 Å². The second-order valence-corrected chi connectivity index (χ2v) is 11.4. The van der Waals surface area contributed by atoms with E-state index in [9.17, 15) is 9.90 Å². The fraction of sp³-hybridized carbons (Fsp3) is 0.343. The van der Waals surface area contributed by atoms with Gasteiger partial charge in [-0.05, 0) is 71.8 Å². The number of carbonyl (C=O) groups excluding carboxylic acids is 1. The molecule has 0 radical (unpaired) electrons. The lowest BCUT2D eigenvalue weighted by atomic mass is 10.00. The van der Waals surface area contributed by atoms with E-state index in [4.69, 9.17) is 25.0 Å². The molecule has 1 aliphatic heterocycles. The maximum absolute atomic E-state index is 12.4. The van der Waals surface area contributed by atoms with Crippen LogP contribution in [0.15, 0.2) is 66.9 Å². The number of pyridine rings is 1. The first-order valence-electron chi connectivity index (χ1n) is 15.4. The number of benzene rings is 3. The van der Waals surface area contributed by atoms with Crippen molar-refractivity contribution in [3.63, 3.8) is 0 Å². The Kier molecular flexibility index (Phi) is 9.25. The van der Waals surface area contributed by atoms with Gasteiger partial charge in [0.05, 0.1) is 37.8 Å². The van der Waals surface area contributed by atoms with Crippen molar-refractivity contribution >= 4 is 33.5 Å². The summed E-state index contributed by atoms with van der Waals surface area (Å²) in [7, 11) is 1.64. The Hall–Kier alpha value is -4.51. The zero-order valence-corrected chi connectivity index (χ0v) is 25.7. The number of fused-ring (bicyclic) bond motifs is 2. The summed E-state index contributed by atoms with van der Waals surface area (Å²) in [5.74, 6) is 0.798. The van der Waals surface area contributed by atoms with Gasteiger partial charge in [-0.15, -0.1) is 0 Å². The van der Waals surface area contributed by atoms with Crippen molar-refractivity contribution in [3.8, 4) is 16.9 Å². The molecule has 5 aromatic rings. The highest BCUT2D eigenvalue weighted by Crippen LogP contribution is 2.34. The molecule has 0 amide bonds. The van der Waals surface area contributed by atoms with Crippen molar-refractivity contribution in [1.29, 1.82) is 0 Å². The molecule has 0 bridgehead atoms. The predicted molar refractivity (Wildman–Crippen MR) is 174 cm³/mol. The van der Waals surface area contributed by atoms with Crippen LogP contribution in [-0.2, 0) is 33.9 Å². The molecule has 1 fully saturated rings. The number of likely N-dealkylation sites (tertiary alicyclic amines) is 1. The van der Waals surface area contributed by atoms with Gasteiger partial charge in [0.15, 0.2) is 0 Å². The molecule has 10 nitrogen and oxygen atoms in total. The number of carbonyl (C=O) groups is 1. The number of β-amino-alcohol motifs (C(OH)–C–C–N with tert-alkyl or cyclic N) is 1. The van der Waals surface area contributed by atoms with Crippen LogP contribution in [0.1, 0.15) is 36.2 Å². The second kappa shape index (κ2) is 13.6. The molecular weight excluding hydrogens is 570 g/mol. The van der Waals surface area contributed by atoms with Crippen LogP contribution in [0.3, 0.4) is 0 Å². The van der Waals surface area contributed by atoms with Gasteiger partial charge in [0.1, 0.15) is 23.9 Å². The quantitative estimate of drug-likeness (QED) is 0.190. The van der Waals surface area contributed by atoms with Gasteiger partial charge in [-0.1, -0.05) is 24.3 Å². The van der Waals surface area contributed by atoms with Crippen LogP contribution in [0.25, 0.3) is 32.8 Å². The molecule has 3 N–H and O–H groups in total. The van der Waals surface area contributed by atoms with Crippen molar-refractivity contribution in [1.82, 2.24) is 19.7 Å². The summed E-state index contributed by atoms with van der Waals surface area (Å²) in [5, 5.41) is 17.5. The summed E-state index contributed by atoms with van der Waals surface area (Å²) in [4.78, 5) is 19.0. The van der Waals surface area contributed by atoms with Crippen molar-refractivity contribution in [3.05, 3.63) is 83.7 Å². The minimum absolute atomic E-state index is 0.1000. The number of ether oxygens (including phenoxy) is 3. The molecule has 1 unspecified atom stereocenters. The van der Waals surface area contributed by atoms with Crippen LogP contribution in [0.2, 0.25) is 0 Å². The van der Waals surface area contributed by atoms with E-state index in [1.54, 1.807) is 20.2 Å². The van der Waals surface area contributed by atoms with Gasteiger partial charge in [-0.25, -0.2) is 4.98 Å². The SMILES string of the molecule is CCOC(=O)Cc1cc(COC)ccc1OCc1nn(C2CCN(CCO)C2)c2ccc(-c3ccc4ccnc(N)c4c3)cc12. The molecule has 1 saturated heterocycles. The van der Waals surface area contributed by atoms with Gasteiger partial charge < -0.3 is 25.1 Å². The molecule has 0 aliphatic carbocycles. The number of methoxy groups -OCH3 is 1. The number of hydrogen-bond donors (Lipinski definition) is 2. The standard InChI is InChI=1S/C35H39N5O5/c1-3-44-34(42)19-27-16-23(21-43-2)4-9-33(27)45-22-31-30-18-26(25-6-5-24-10-12-37-35(36)29(24)17-25)7-8-32(30)40(38-31)28-11-13-39(20-28)14-15-41/h4-10,12,16-18,28,41H,3,11,13-15,19-22H2,1-2H3,(H2,36,37). The van der Waals surface area contributed by atoms with Crippen LogP contribution in [-0.4, -0.2) is 70.7 Å². The number of nitrogen functional groups attached to an aromatic ring is 1. The fourth-order valence-corrected chi connectivity index (χ4v) is 6.18. The van der Waals surface area contributed by atoms with E-state index < -0.39 is 0 Å². The zero-order valence-electron chi connectivity index (χ0n) is 25.7. The Morgan fingerprint density at radius 1 is 1.04 bits per heavy atom. The molecule has 6 rings (SSSR count). The van der Waals surface area contributed by atoms with Crippen LogP contribution in [0.4, 0.5) is 5.82 Å². The Labute approximate surface area is 262 Å². The Balaban J connectivity index is 1.37. The van der Waals surface area contributed by atoms with E-state index in [2.05, 4.69) is 51.0 Å². The average molecular weight is 610 g/mol. The van der Waals surface area contributed by atoms with Gasteiger partial charge in [0, 0.05) is 49.3 Å². The molecule has 1 aliphatic rings. The Morgan fingerprint density at radius 2 is 1.87 bits per heavy atom. The third-order valence-corrected chi connectivity index (χ3v) is 8.36. The highest BCUT2D eigenvalue weighted by atomic mass is 16.5. The molecule has 10 heteroatoms. The fourth-order valence-electron chi connectivity index (χ4n) is 6.18. The molecule has 3 aromatic carbocycles. The van der Waals surface area contributed by atoms with Crippen LogP contribution < -0.4 is 10.5 Å². The van der Waals surface area contributed by atoms with Crippen LogP contribution in [0.5, 0.6) is 5.75 Å². The van der Waals surface area contributed by atoms with Crippen molar-refractivity contribution < 1.29 is 24.1 Å². The first-order chi connectivity index (χ1) is 22.0. The van der Waals surface area contributed by atoms with Gasteiger partial charge >= 0.3 is 5.97 Å². The maximum Gasteiger partial charge on any atom is 0.310 e. The summed E-state index contributed by atoms with van der Waals surface area (Å²) >= 11 is 0. The number of aromatic nitrogens is 3. The lowest BCUT2D eigenvalue weighted by Crippen LogP contribution is -2.25. The molecule has 3 heterocycles. The minimum Gasteiger partial charge on any atom is -0.487 e. The Bertz CT molecular complexity index is 1820. The second-order valence-electron chi connectivity index (χ2n) is 11.4. The summed E-state index contributed by atoms with van der Waals surface area (Å²) in [6, 6.07) is 20.5. The number of aliphatic hydroxyl groups excluding tert-OH is 1. The lowest BCUT2D eigenvalue weighted by Gasteiger charge is -2.15. The first-order valence-corrected chi connectivity index (χ1v) is 15.4. The Morgan fingerprint density at radius 3 is 2.67 bits per heavy atom. The summed E-state index contributed by atoms with van der Waals surface area (Å²) in [6.07, 6.45) is 2.77. The maximum atomic E-state index is 12.4. The zero-order chi connectivity index (χ0) is 31.3. The van der Waals surface area contributed by atoms with Gasteiger partial charge in [-0.3, -0.25) is 14.4 Å². The van der Waals surface area contributed by atoms with Gasteiger partial charge in [0.2, 0.25) is 0 Å². The summed E-state index contributed by atoms with van der Waals surface area (Å²) < 4.78 is 19.0. The van der Waals surface area contributed by atoms with Crippen LogP contribution >= 0.6 is 0 Å². The number of anilines is 1. The summed E-state index contributed by atoms with van der Waals surface area (Å²) in [6.45, 7) is 5.28. The molecule has 234 valence electrons. The smallest absolute Gasteiger partial charge is 0.310 e. The molecule has 1 atom stereocenters. The number of nitrogens with two attached hydrogens (primary N) is 1. The van der Waals surface area contributed by atoms with E-state index in [1.807, 2.05) is 24.3 Å². The van der Waals surface area contributed by atoms with Crippen molar-refractivity contribution in [2.24, 2.45) is 0 Å². The number of nitrogens with zero attached hydrogens (tertiary/aromatic N) is 4. The van der Waals surface area contributed by atoms with Gasteiger partial charge in [0.25, 0.3) is 0 Å². The number of hydrogen-bond acceptors (Lipinski definition) is 9. The molecular formula is C35H39N5O5. The minimum atomic E-state index is -0.309. The van der Waals surface area contributed by atoms with E-state index in [0.29, 0.717) is 31.3 Å². The number of esters is 1. The number of rotatable bonds is 12. The first kappa shape index (κ1) is 30.5. The predicted octanol–water partition coefficient (Wildman–Crippen LogP) is 4.90. The van der Waals surface area contributed by atoms with E-state index in [1.165, 1.54) is 0 Å². The van der Waals surface area contributed by atoms with Crippen molar-refractivity contribution in [2.75, 3.05) is 45.7 Å². The largest absolute Gasteiger partial charge is 0.487 e. The van der Waals surface area contributed by atoms with E-state index in [-0.39, 0.29) is 31.6 Å². The van der Waals surface area contributed by atoms with Crippen LogP contribution in [0, 0.1) is 0 Å². The molecule has 0 spiro atoms. The third-order valence-electron chi connectivity index (χ3n) is 8.36. The number of aliphatic hydroxyl groups is 1. The van der Waals surface area contributed by atoms with Crippen molar-refractivity contribution in [2.45, 2.75) is 39.0 Å². The van der Waals surface area contributed by atoms with E-state index >= 15 is 0 Å². The lowest BCUT2D eigenvalue weighted by molar-refractivity contribution is -0.142. The highest BCUT2D eigenvalue weighted by Gasteiger charge is 2.27. The summed E-state index contributed by atoms with van der Waals surface area (Å²) in [5.41, 5.74) is 11.8. The average Bonchev–Trinajstić information content (AvgIpc) is 3.65. The molecule has 2 aromatic heterocycles. The monoisotopic (exact) mass is 609 g/mol.